The highest BCUT2D eigenvalue weighted by atomic mass is 28.5. The molecule has 0 amide bonds. The van der Waals surface area contributed by atoms with Gasteiger partial charge >= 0.3 is 14.8 Å². The molecule has 0 aromatic heterocycles. The summed E-state index contributed by atoms with van der Waals surface area (Å²) < 4.78 is 19.4. The number of rotatable bonds is 9. The lowest BCUT2D eigenvalue weighted by Crippen LogP contribution is -2.60. The van der Waals surface area contributed by atoms with Gasteiger partial charge in [0.05, 0.1) is 0 Å². The van der Waals surface area contributed by atoms with Crippen molar-refractivity contribution in [3.63, 3.8) is 0 Å². The second kappa shape index (κ2) is 7.89. The van der Waals surface area contributed by atoms with Crippen molar-refractivity contribution in [1.82, 2.24) is 0 Å². The Hall–Kier alpha value is -0.0425. The molecule has 1 N–H and O–H groups in total. The Morgan fingerprint density at radius 2 is 1.13 bits per heavy atom. The number of carboxylic acids is 1. The highest BCUT2D eigenvalue weighted by Gasteiger charge is 2.49. The van der Waals surface area contributed by atoms with E-state index in [1.54, 1.807) is 13.0 Å². The Morgan fingerprint density at radius 3 is 1.35 bits per heavy atom. The van der Waals surface area contributed by atoms with Crippen molar-refractivity contribution in [3.8, 4) is 0 Å². The van der Waals surface area contributed by atoms with Crippen LogP contribution in [0.2, 0.25) is 65.0 Å². The van der Waals surface area contributed by atoms with Gasteiger partial charge in [-0.15, -0.1) is 0 Å². The first kappa shape index (κ1) is 23.0. The molecule has 136 valence electrons. The Kier molecular flexibility index (Phi) is 7.88. The van der Waals surface area contributed by atoms with Crippen molar-refractivity contribution in [1.29, 1.82) is 0 Å². The van der Waals surface area contributed by atoms with Crippen LogP contribution < -0.4 is 0 Å². The van der Waals surface area contributed by atoms with Gasteiger partial charge in [0.2, 0.25) is 0 Å². The maximum absolute atomic E-state index is 11.1. The van der Waals surface area contributed by atoms with Crippen molar-refractivity contribution in [2.24, 2.45) is 0 Å². The number of allylic oxidation sites excluding steroid dienone is 1. The van der Waals surface area contributed by atoms with Gasteiger partial charge in [-0.2, -0.15) is 0 Å². The average Bonchev–Trinajstić information content (AvgIpc) is 2.17. The Labute approximate surface area is 145 Å². The highest BCUT2D eigenvalue weighted by molar-refractivity contribution is 6.90. The Balaban J connectivity index is 5.81. The zero-order valence-corrected chi connectivity index (χ0v) is 20.4. The fourth-order valence-corrected chi connectivity index (χ4v) is 16.3. The lowest BCUT2D eigenvalue weighted by Gasteiger charge is -2.42. The predicted octanol–water partition coefficient (Wildman–Crippen LogP) is 4.51. The third kappa shape index (κ3) is 11.2. The molecule has 0 aliphatic carbocycles. The summed E-state index contributed by atoms with van der Waals surface area (Å²) in [5.41, 5.74) is 0.305. The normalized spacial score (nSPS) is 15.0. The summed E-state index contributed by atoms with van der Waals surface area (Å²) in [6.07, 6.45) is 1.70. The van der Waals surface area contributed by atoms with Crippen LogP contribution in [-0.2, 0) is 17.1 Å². The Bertz CT molecular complexity index is 403. The monoisotopic (exact) mass is 394 g/mol. The Morgan fingerprint density at radius 1 is 0.826 bits per heavy atom. The van der Waals surface area contributed by atoms with Gasteiger partial charge in [0.1, 0.15) is 0 Å². The fraction of sp³-hybridized carbons (Fsp3) is 0.786. The summed E-state index contributed by atoms with van der Waals surface area (Å²) in [4.78, 5) is 11.1. The van der Waals surface area contributed by atoms with E-state index < -0.39 is 39.7 Å². The summed E-state index contributed by atoms with van der Waals surface area (Å²) in [7, 11) is -8.70. The maximum atomic E-state index is 11.1. The molecule has 0 bridgehead atoms. The lowest BCUT2D eigenvalue weighted by atomic mass is 10.3. The molecule has 0 fully saturated rings. The average molecular weight is 395 g/mol. The molecule has 0 aromatic carbocycles. The number of carbonyl (C=O) groups is 1. The van der Waals surface area contributed by atoms with Crippen LogP contribution in [0.3, 0.4) is 0 Å². The number of carboxylic acid groups (broad SMARTS) is 1. The van der Waals surface area contributed by atoms with E-state index in [9.17, 15) is 4.79 Å². The second-order valence-corrected chi connectivity index (χ2v) is 25.6. The van der Waals surface area contributed by atoms with Gasteiger partial charge in [0.25, 0.3) is 0 Å². The molecule has 0 saturated carbocycles. The van der Waals surface area contributed by atoms with Gasteiger partial charge in [-0.3, -0.25) is 0 Å². The molecule has 0 radical (unpaired) electrons. The van der Waals surface area contributed by atoms with E-state index in [2.05, 4.69) is 58.9 Å². The molecule has 0 unspecified atom stereocenters. The molecule has 0 atom stereocenters. The van der Waals surface area contributed by atoms with E-state index in [0.29, 0.717) is 11.6 Å². The van der Waals surface area contributed by atoms with Crippen LogP contribution in [0.4, 0.5) is 0 Å². The van der Waals surface area contributed by atoms with E-state index in [4.69, 9.17) is 17.5 Å². The topological polar surface area (TPSA) is 65.0 Å². The quantitative estimate of drug-likeness (QED) is 0.460. The smallest absolute Gasteiger partial charge is 0.473 e. The van der Waals surface area contributed by atoms with Crippen molar-refractivity contribution >= 4 is 39.7 Å². The van der Waals surface area contributed by atoms with E-state index >= 15 is 0 Å². The standard InChI is InChI=1S/C14H34O5Si4/c1-13(14(15)16)11-12-23(17-20(2,3)4,18-21(5,6)7)19-22(8,9)10/h11H,12H2,1-10H3,(H,15,16)/b13-11+. The lowest BCUT2D eigenvalue weighted by molar-refractivity contribution is -0.132. The van der Waals surface area contributed by atoms with Gasteiger partial charge in [0, 0.05) is 11.6 Å². The highest BCUT2D eigenvalue weighted by Crippen LogP contribution is 2.29. The third-order valence-electron chi connectivity index (χ3n) is 2.38. The molecule has 0 aliphatic heterocycles. The van der Waals surface area contributed by atoms with Crippen LogP contribution in [0.1, 0.15) is 6.92 Å². The molecule has 0 spiro atoms. The fourth-order valence-electron chi connectivity index (χ4n) is 1.95. The summed E-state index contributed by atoms with van der Waals surface area (Å²) in [5, 5.41) is 9.13. The van der Waals surface area contributed by atoms with Gasteiger partial charge in [-0.25, -0.2) is 4.79 Å². The molecule has 0 aliphatic rings. The summed E-state index contributed by atoms with van der Waals surface area (Å²) in [6.45, 7) is 20.6. The van der Waals surface area contributed by atoms with E-state index in [1.807, 2.05) is 0 Å². The van der Waals surface area contributed by atoms with Crippen LogP contribution in [-0.4, -0.2) is 44.8 Å². The molecule has 9 heteroatoms. The summed E-state index contributed by atoms with van der Waals surface area (Å²) >= 11 is 0. The molecule has 0 rings (SSSR count). The summed E-state index contributed by atoms with van der Waals surface area (Å²) in [6, 6.07) is 0.421. The van der Waals surface area contributed by atoms with Crippen LogP contribution in [0.25, 0.3) is 0 Å². The molecule has 0 saturated heterocycles. The number of hydrogen-bond donors (Lipinski definition) is 1. The molecule has 23 heavy (non-hydrogen) atoms. The first-order valence-electron chi connectivity index (χ1n) is 7.95. The molecule has 0 heterocycles. The van der Waals surface area contributed by atoms with Crippen molar-refractivity contribution in [2.75, 3.05) is 0 Å². The SMILES string of the molecule is C/C(=C\C[Si](O[Si](C)(C)C)(O[Si](C)(C)C)O[Si](C)(C)C)C(=O)O. The first-order chi connectivity index (χ1) is 9.95. The molecule has 0 aromatic rings. The number of hydrogen-bond acceptors (Lipinski definition) is 4. The van der Waals surface area contributed by atoms with E-state index in [-0.39, 0.29) is 0 Å². The zero-order chi connectivity index (χ0) is 18.7. The van der Waals surface area contributed by atoms with Crippen LogP contribution in [0.5, 0.6) is 0 Å². The minimum absolute atomic E-state index is 0.305. The van der Waals surface area contributed by atoms with Gasteiger partial charge in [-0.05, 0) is 65.8 Å². The largest absolute Gasteiger partial charge is 0.478 e. The minimum Gasteiger partial charge on any atom is -0.478 e. The van der Waals surface area contributed by atoms with Crippen LogP contribution in [0, 0.1) is 0 Å². The maximum Gasteiger partial charge on any atom is 0.473 e. The zero-order valence-electron chi connectivity index (χ0n) is 16.4. The van der Waals surface area contributed by atoms with E-state index in [1.165, 1.54) is 0 Å². The van der Waals surface area contributed by atoms with Crippen molar-refractivity contribution < 1.29 is 22.2 Å². The van der Waals surface area contributed by atoms with Crippen molar-refractivity contribution in [2.45, 2.75) is 71.9 Å². The predicted molar refractivity (Wildman–Crippen MR) is 105 cm³/mol. The van der Waals surface area contributed by atoms with Gasteiger partial charge in [-0.1, -0.05) is 6.08 Å². The molecule has 5 nitrogen and oxygen atoms in total. The van der Waals surface area contributed by atoms with Crippen LogP contribution >= 0.6 is 0 Å². The molecular weight excluding hydrogens is 360 g/mol. The first-order valence-corrected chi connectivity index (χ1v) is 20.1. The minimum atomic E-state index is -2.96. The van der Waals surface area contributed by atoms with Crippen LogP contribution in [0.15, 0.2) is 11.6 Å². The molecular formula is C14H34O5Si4. The van der Waals surface area contributed by atoms with Crippen molar-refractivity contribution in [3.05, 3.63) is 11.6 Å². The third-order valence-corrected chi connectivity index (χ3v) is 14.2. The van der Waals surface area contributed by atoms with Gasteiger partial charge < -0.3 is 17.5 Å². The summed E-state index contributed by atoms with van der Waals surface area (Å²) in [5.74, 6) is -0.915. The number of aliphatic carboxylic acids is 1. The van der Waals surface area contributed by atoms with E-state index in [0.717, 1.165) is 0 Å². The second-order valence-electron chi connectivity index (χ2n) is 8.72. The van der Waals surface area contributed by atoms with Gasteiger partial charge in [0.15, 0.2) is 25.0 Å².